The standard InChI is InChI=1S/C13H21N3O3/c1-10(14-8-13(17)9-15(2)3)11-4-6-12(7-5-11)16(18)19/h4-7,10,13-14,17H,8-9H2,1-3H3. The molecule has 0 bridgehead atoms. The molecule has 0 aliphatic carbocycles. The summed E-state index contributed by atoms with van der Waals surface area (Å²) in [5, 5.41) is 23.5. The van der Waals surface area contributed by atoms with Crippen LogP contribution in [-0.4, -0.2) is 48.2 Å². The van der Waals surface area contributed by atoms with E-state index in [2.05, 4.69) is 5.32 Å². The lowest BCUT2D eigenvalue weighted by Crippen LogP contribution is -2.36. The molecule has 106 valence electrons. The molecule has 2 atom stereocenters. The number of nitrogens with zero attached hydrogens (tertiary/aromatic N) is 2. The van der Waals surface area contributed by atoms with Crippen LogP contribution in [0, 0.1) is 10.1 Å². The van der Waals surface area contributed by atoms with Crippen LogP contribution >= 0.6 is 0 Å². The third kappa shape index (κ3) is 5.34. The van der Waals surface area contributed by atoms with Crippen molar-refractivity contribution in [2.45, 2.75) is 19.1 Å². The molecule has 2 unspecified atom stereocenters. The molecule has 0 saturated carbocycles. The minimum absolute atomic E-state index is 0.0395. The highest BCUT2D eigenvalue weighted by Gasteiger charge is 2.11. The number of benzene rings is 1. The van der Waals surface area contributed by atoms with Gasteiger partial charge in [-0.2, -0.15) is 0 Å². The first-order valence-electron chi connectivity index (χ1n) is 6.20. The largest absolute Gasteiger partial charge is 0.390 e. The van der Waals surface area contributed by atoms with E-state index in [0.29, 0.717) is 13.1 Å². The lowest BCUT2D eigenvalue weighted by Gasteiger charge is -2.19. The predicted molar refractivity (Wildman–Crippen MR) is 74.1 cm³/mol. The number of nitrogens with one attached hydrogen (secondary N) is 1. The minimum atomic E-state index is -0.435. The molecule has 6 nitrogen and oxygen atoms in total. The fourth-order valence-corrected chi connectivity index (χ4v) is 1.80. The second-order valence-corrected chi connectivity index (χ2v) is 4.89. The SMILES string of the molecule is CC(NCC(O)CN(C)C)c1ccc([N+](=O)[O-])cc1. The summed E-state index contributed by atoms with van der Waals surface area (Å²) in [6.07, 6.45) is -0.435. The zero-order chi connectivity index (χ0) is 14.4. The molecule has 19 heavy (non-hydrogen) atoms. The highest BCUT2D eigenvalue weighted by molar-refractivity contribution is 5.33. The Bertz CT molecular complexity index is 406. The molecule has 0 fully saturated rings. The second-order valence-electron chi connectivity index (χ2n) is 4.89. The number of non-ortho nitro benzene ring substituents is 1. The summed E-state index contributed by atoms with van der Waals surface area (Å²) >= 11 is 0. The summed E-state index contributed by atoms with van der Waals surface area (Å²) in [6, 6.07) is 6.48. The van der Waals surface area contributed by atoms with Gasteiger partial charge in [0.25, 0.3) is 5.69 Å². The molecule has 0 heterocycles. The molecular formula is C13H21N3O3. The maximum atomic E-state index is 10.6. The smallest absolute Gasteiger partial charge is 0.269 e. The average molecular weight is 267 g/mol. The van der Waals surface area contributed by atoms with E-state index in [0.717, 1.165) is 5.56 Å². The molecule has 0 amide bonds. The number of aliphatic hydroxyl groups excluding tert-OH is 1. The summed E-state index contributed by atoms with van der Waals surface area (Å²) in [4.78, 5) is 12.1. The Morgan fingerprint density at radius 1 is 1.37 bits per heavy atom. The molecule has 0 radical (unpaired) electrons. The Morgan fingerprint density at radius 3 is 2.42 bits per heavy atom. The minimum Gasteiger partial charge on any atom is -0.390 e. The molecule has 0 aliphatic heterocycles. The van der Waals surface area contributed by atoms with Gasteiger partial charge in [-0.3, -0.25) is 10.1 Å². The summed E-state index contributed by atoms with van der Waals surface area (Å²) in [6.45, 7) is 3.04. The van der Waals surface area contributed by atoms with Gasteiger partial charge in [-0.25, -0.2) is 0 Å². The van der Waals surface area contributed by atoms with E-state index < -0.39 is 11.0 Å². The first kappa shape index (κ1) is 15.6. The van der Waals surface area contributed by atoms with Crippen LogP contribution in [0.15, 0.2) is 24.3 Å². The zero-order valence-corrected chi connectivity index (χ0v) is 11.5. The van der Waals surface area contributed by atoms with Crippen molar-refractivity contribution >= 4 is 5.69 Å². The van der Waals surface area contributed by atoms with Gasteiger partial charge in [0.15, 0.2) is 0 Å². The lowest BCUT2D eigenvalue weighted by atomic mass is 10.1. The molecular weight excluding hydrogens is 246 g/mol. The summed E-state index contributed by atoms with van der Waals surface area (Å²) in [5.41, 5.74) is 1.05. The van der Waals surface area contributed by atoms with Crippen LogP contribution in [0.5, 0.6) is 0 Å². The van der Waals surface area contributed by atoms with Crippen molar-refractivity contribution < 1.29 is 10.0 Å². The molecule has 0 spiro atoms. The van der Waals surface area contributed by atoms with Crippen LogP contribution in [0.4, 0.5) is 5.69 Å². The molecule has 0 aliphatic rings. The maximum absolute atomic E-state index is 10.6. The molecule has 2 N–H and O–H groups in total. The molecule has 1 aromatic carbocycles. The van der Waals surface area contributed by atoms with Crippen molar-refractivity contribution in [1.82, 2.24) is 10.2 Å². The van der Waals surface area contributed by atoms with Gasteiger partial charge in [0, 0.05) is 31.3 Å². The number of nitro benzene ring substituents is 1. The molecule has 1 rings (SSSR count). The molecule has 0 saturated heterocycles. The highest BCUT2D eigenvalue weighted by Crippen LogP contribution is 2.17. The number of rotatable bonds is 7. The number of likely N-dealkylation sites (N-methyl/N-ethyl adjacent to an activating group) is 1. The average Bonchev–Trinajstić information content (AvgIpc) is 2.35. The van der Waals surface area contributed by atoms with Gasteiger partial charge in [-0.15, -0.1) is 0 Å². The monoisotopic (exact) mass is 267 g/mol. The van der Waals surface area contributed by atoms with Gasteiger partial charge in [-0.05, 0) is 26.6 Å². The summed E-state index contributed by atoms with van der Waals surface area (Å²) < 4.78 is 0. The van der Waals surface area contributed by atoms with E-state index in [1.165, 1.54) is 12.1 Å². The van der Waals surface area contributed by atoms with E-state index in [-0.39, 0.29) is 11.7 Å². The zero-order valence-electron chi connectivity index (χ0n) is 11.5. The summed E-state index contributed by atoms with van der Waals surface area (Å²) in [7, 11) is 3.81. The highest BCUT2D eigenvalue weighted by atomic mass is 16.6. The van der Waals surface area contributed by atoms with Crippen LogP contribution in [0.3, 0.4) is 0 Å². The van der Waals surface area contributed by atoms with E-state index >= 15 is 0 Å². The molecule has 0 aromatic heterocycles. The quantitative estimate of drug-likeness (QED) is 0.572. The number of hydrogen-bond acceptors (Lipinski definition) is 5. The third-order valence-electron chi connectivity index (χ3n) is 2.84. The van der Waals surface area contributed by atoms with Crippen LogP contribution in [0.1, 0.15) is 18.5 Å². The summed E-state index contributed by atoms with van der Waals surface area (Å²) in [5.74, 6) is 0. The fraction of sp³-hybridized carbons (Fsp3) is 0.538. The van der Waals surface area contributed by atoms with Crippen molar-refractivity contribution in [3.63, 3.8) is 0 Å². The van der Waals surface area contributed by atoms with Crippen molar-refractivity contribution in [1.29, 1.82) is 0 Å². The Morgan fingerprint density at radius 2 is 1.95 bits per heavy atom. The number of hydrogen-bond donors (Lipinski definition) is 2. The lowest BCUT2D eigenvalue weighted by molar-refractivity contribution is -0.384. The molecule has 6 heteroatoms. The van der Waals surface area contributed by atoms with Crippen molar-refractivity contribution in [2.24, 2.45) is 0 Å². The van der Waals surface area contributed by atoms with E-state index in [1.54, 1.807) is 12.1 Å². The van der Waals surface area contributed by atoms with Crippen molar-refractivity contribution in [2.75, 3.05) is 27.2 Å². The Balaban J connectivity index is 2.49. The fourth-order valence-electron chi connectivity index (χ4n) is 1.80. The van der Waals surface area contributed by atoms with Crippen molar-refractivity contribution in [3.8, 4) is 0 Å². The van der Waals surface area contributed by atoms with Crippen LogP contribution in [-0.2, 0) is 0 Å². The topological polar surface area (TPSA) is 78.6 Å². The van der Waals surface area contributed by atoms with Gasteiger partial charge >= 0.3 is 0 Å². The predicted octanol–water partition coefficient (Wildman–Crippen LogP) is 1.17. The van der Waals surface area contributed by atoms with Gasteiger partial charge in [-0.1, -0.05) is 12.1 Å². The number of aliphatic hydroxyl groups is 1. The van der Waals surface area contributed by atoms with Gasteiger partial charge in [0.1, 0.15) is 0 Å². The number of nitro groups is 1. The van der Waals surface area contributed by atoms with Crippen molar-refractivity contribution in [3.05, 3.63) is 39.9 Å². The van der Waals surface area contributed by atoms with Crippen LogP contribution in [0.25, 0.3) is 0 Å². The van der Waals surface area contributed by atoms with Crippen LogP contribution < -0.4 is 5.32 Å². The van der Waals surface area contributed by atoms with Gasteiger partial charge in [0.05, 0.1) is 11.0 Å². The first-order valence-corrected chi connectivity index (χ1v) is 6.20. The van der Waals surface area contributed by atoms with Gasteiger partial charge in [0.2, 0.25) is 0 Å². The molecule has 1 aromatic rings. The normalized spacial score (nSPS) is 14.4. The third-order valence-corrected chi connectivity index (χ3v) is 2.84. The van der Waals surface area contributed by atoms with E-state index in [1.807, 2.05) is 25.9 Å². The first-order chi connectivity index (χ1) is 8.90. The Labute approximate surface area is 113 Å². The van der Waals surface area contributed by atoms with E-state index in [9.17, 15) is 15.2 Å². The van der Waals surface area contributed by atoms with E-state index in [4.69, 9.17) is 0 Å². The van der Waals surface area contributed by atoms with Gasteiger partial charge < -0.3 is 15.3 Å². The Kier molecular flexibility index (Phi) is 5.88. The second kappa shape index (κ2) is 7.18. The maximum Gasteiger partial charge on any atom is 0.269 e. The Hall–Kier alpha value is -1.50. The van der Waals surface area contributed by atoms with Crippen LogP contribution in [0.2, 0.25) is 0 Å².